The smallest absolute Gasteiger partial charge is 0.242 e. The van der Waals surface area contributed by atoms with E-state index in [4.69, 9.17) is 17.0 Å². The fourth-order valence-corrected chi connectivity index (χ4v) is 1.81. The van der Waals surface area contributed by atoms with Gasteiger partial charge in [-0.05, 0) is 36.8 Å². The minimum absolute atomic E-state index is 0.0279. The molecule has 0 fully saturated rings. The molecular weight excluding hydrogens is 281 g/mol. The lowest BCUT2D eigenvalue weighted by molar-refractivity contribution is -0.121. The number of hydrazine groups is 1. The molecule has 1 atom stereocenters. The van der Waals surface area contributed by atoms with E-state index >= 15 is 0 Å². The molecule has 0 aliphatic heterocycles. The van der Waals surface area contributed by atoms with Crippen molar-refractivity contribution in [3.63, 3.8) is 0 Å². The van der Waals surface area contributed by atoms with Gasteiger partial charge < -0.3 is 10.1 Å². The standard InChI is InChI=1S/C13H18FN3O2S/c1-9(8-19-2)15-13(20)17-16-12(18)7-10-4-3-5-11(14)6-10/h3-6,9H,7-8H2,1-2H3,(H,16,18)(H2,15,17,20)/t9-/m0/s1. The predicted molar refractivity (Wildman–Crippen MR) is 78.5 cm³/mol. The molecule has 0 radical (unpaired) electrons. The summed E-state index contributed by atoms with van der Waals surface area (Å²) < 4.78 is 17.9. The van der Waals surface area contributed by atoms with E-state index in [1.807, 2.05) is 6.92 Å². The summed E-state index contributed by atoms with van der Waals surface area (Å²) in [6.45, 7) is 2.39. The van der Waals surface area contributed by atoms with Crippen molar-refractivity contribution in [1.29, 1.82) is 0 Å². The monoisotopic (exact) mass is 299 g/mol. The zero-order chi connectivity index (χ0) is 15.0. The van der Waals surface area contributed by atoms with Crippen LogP contribution in [0.15, 0.2) is 24.3 Å². The van der Waals surface area contributed by atoms with Gasteiger partial charge >= 0.3 is 0 Å². The molecule has 1 rings (SSSR count). The molecule has 20 heavy (non-hydrogen) atoms. The predicted octanol–water partition coefficient (Wildman–Crippen LogP) is 0.898. The van der Waals surface area contributed by atoms with Crippen molar-refractivity contribution < 1.29 is 13.9 Å². The molecule has 7 heteroatoms. The van der Waals surface area contributed by atoms with Gasteiger partial charge in [-0.3, -0.25) is 15.6 Å². The number of halogens is 1. The number of nitrogens with one attached hydrogen (secondary N) is 3. The summed E-state index contributed by atoms with van der Waals surface area (Å²) in [5, 5.41) is 3.22. The van der Waals surface area contributed by atoms with Crippen molar-refractivity contribution in [3.8, 4) is 0 Å². The third-order valence-electron chi connectivity index (χ3n) is 2.36. The van der Waals surface area contributed by atoms with Crippen LogP contribution in [0, 0.1) is 5.82 Å². The lowest BCUT2D eigenvalue weighted by Gasteiger charge is -2.16. The molecule has 0 saturated heterocycles. The number of benzene rings is 1. The van der Waals surface area contributed by atoms with Crippen LogP contribution in [0.3, 0.4) is 0 Å². The van der Waals surface area contributed by atoms with Gasteiger partial charge in [0.05, 0.1) is 13.0 Å². The van der Waals surface area contributed by atoms with Crippen LogP contribution in [-0.4, -0.2) is 30.8 Å². The normalized spacial score (nSPS) is 11.6. The van der Waals surface area contributed by atoms with E-state index < -0.39 is 0 Å². The molecule has 110 valence electrons. The highest BCUT2D eigenvalue weighted by atomic mass is 32.1. The summed E-state index contributed by atoms with van der Waals surface area (Å²) in [6, 6.07) is 5.91. The van der Waals surface area contributed by atoms with Crippen LogP contribution in [0.25, 0.3) is 0 Å². The van der Waals surface area contributed by atoms with E-state index in [9.17, 15) is 9.18 Å². The minimum Gasteiger partial charge on any atom is -0.383 e. The summed E-state index contributed by atoms with van der Waals surface area (Å²) in [7, 11) is 1.59. The Morgan fingerprint density at radius 2 is 2.20 bits per heavy atom. The van der Waals surface area contributed by atoms with Crippen molar-refractivity contribution in [3.05, 3.63) is 35.6 Å². The Bertz CT molecular complexity index is 471. The van der Waals surface area contributed by atoms with Crippen LogP contribution in [0.4, 0.5) is 4.39 Å². The number of hydrogen-bond donors (Lipinski definition) is 3. The van der Waals surface area contributed by atoms with Crippen LogP contribution < -0.4 is 16.2 Å². The Morgan fingerprint density at radius 1 is 1.45 bits per heavy atom. The van der Waals surface area contributed by atoms with E-state index in [0.29, 0.717) is 17.3 Å². The molecule has 0 aliphatic rings. The van der Waals surface area contributed by atoms with Gasteiger partial charge in [0.15, 0.2) is 5.11 Å². The molecule has 5 nitrogen and oxygen atoms in total. The molecular formula is C13H18FN3O2S. The number of carbonyl (C=O) groups excluding carboxylic acids is 1. The molecule has 0 saturated carbocycles. The molecule has 0 aliphatic carbocycles. The fraction of sp³-hybridized carbons (Fsp3) is 0.385. The minimum atomic E-state index is -0.367. The van der Waals surface area contributed by atoms with Crippen molar-refractivity contribution in [1.82, 2.24) is 16.2 Å². The Balaban J connectivity index is 2.31. The van der Waals surface area contributed by atoms with Crippen molar-refractivity contribution >= 4 is 23.2 Å². The van der Waals surface area contributed by atoms with Crippen LogP contribution in [0.1, 0.15) is 12.5 Å². The summed E-state index contributed by atoms with van der Waals surface area (Å²) in [4.78, 5) is 11.6. The average molecular weight is 299 g/mol. The first-order chi connectivity index (χ1) is 9.51. The molecule has 0 unspecified atom stereocenters. The van der Waals surface area contributed by atoms with E-state index in [0.717, 1.165) is 0 Å². The highest BCUT2D eigenvalue weighted by molar-refractivity contribution is 7.80. The third kappa shape index (κ3) is 6.44. The number of hydrogen-bond acceptors (Lipinski definition) is 3. The van der Waals surface area contributed by atoms with E-state index in [-0.39, 0.29) is 24.2 Å². The van der Waals surface area contributed by atoms with Gasteiger partial charge in [-0.15, -0.1) is 0 Å². The van der Waals surface area contributed by atoms with Gasteiger partial charge in [0.25, 0.3) is 0 Å². The first kappa shape index (κ1) is 16.3. The molecule has 1 aromatic rings. The summed E-state index contributed by atoms with van der Waals surface area (Å²) in [6.07, 6.45) is 0.0704. The maximum atomic E-state index is 13.0. The first-order valence-electron chi connectivity index (χ1n) is 6.10. The number of rotatable bonds is 5. The molecule has 0 aromatic heterocycles. The first-order valence-corrected chi connectivity index (χ1v) is 6.51. The molecule has 0 spiro atoms. The summed E-state index contributed by atoms with van der Waals surface area (Å²) in [5.41, 5.74) is 5.61. The number of amides is 1. The Morgan fingerprint density at radius 3 is 2.85 bits per heavy atom. The number of ether oxygens (including phenoxy) is 1. The van der Waals surface area contributed by atoms with Crippen molar-refractivity contribution in [2.24, 2.45) is 0 Å². The Hall–Kier alpha value is -1.73. The maximum Gasteiger partial charge on any atom is 0.242 e. The van der Waals surface area contributed by atoms with Crippen molar-refractivity contribution in [2.45, 2.75) is 19.4 Å². The zero-order valence-electron chi connectivity index (χ0n) is 11.4. The summed E-state index contributed by atoms with van der Waals surface area (Å²) >= 11 is 5.00. The number of methoxy groups -OCH3 is 1. The van der Waals surface area contributed by atoms with Gasteiger partial charge in [0.2, 0.25) is 5.91 Å². The van der Waals surface area contributed by atoms with Gasteiger partial charge in [-0.25, -0.2) is 4.39 Å². The average Bonchev–Trinajstić information content (AvgIpc) is 2.36. The fourth-order valence-electron chi connectivity index (χ4n) is 1.55. The van der Waals surface area contributed by atoms with E-state index in [2.05, 4.69) is 16.2 Å². The van der Waals surface area contributed by atoms with Crippen LogP contribution >= 0.6 is 12.2 Å². The zero-order valence-corrected chi connectivity index (χ0v) is 12.2. The van der Waals surface area contributed by atoms with Crippen molar-refractivity contribution in [2.75, 3.05) is 13.7 Å². The van der Waals surface area contributed by atoms with Crippen LogP contribution in [-0.2, 0) is 16.0 Å². The topological polar surface area (TPSA) is 62.4 Å². The Kier molecular flexibility index (Phi) is 6.89. The van der Waals surface area contributed by atoms with Gasteiger partial charge in [-0.1, -0.05) is 12.1 Å². The summed E-state index contributed by atoms with van der Waals surface area (Å²) in [5.74, 6) is -0.673. The Labute approximate surface area is 122 Å². The van der Waals surface area contributed by atoms with E-state index in [1.54, 1.807) is 19.2 Å². The lowest BCUT2D eigenvalue weighted by Crippen LogP contribution is -2.50. The highest BCUT2D eigenvalue weighted by Gasteiger charge is 2.06. The molecule has 0 bridgehead atoms. The largest absolute Gasteiger partial charge is 0.383 e. The van der Waals surface area contributed by atoms with Crippen LogP contribution in [0.5, 0.6) is 0 Å². The van der Waals surface area contributed by atoms with Crippen LogP contribution in [0.2, 0.25) is 0 Å². The maximum absolute atomic E-state index is 13.0. The van der Waals surface area contributed by atoms with Gasteiger partial charge in [0.1, 0.15) is 5.82 Å². The molecule has 1 aromatic carbocycles. The molecule has 1 amide bonds. The second-order valence-electron chi connectivity index (χ2n) is 4.31. The van der Waals surface area contributed by atoms with Gasteiger partial charge in [-0.2, -0.15) is 0 Å². The number of thiocarbonyl (C=S) groups is 1. The highest BCUT2D eigenvalue weighted by Crippen LogP contribution is 2.03. The third-order valence-corrected chi connectivity index (χ3v) is 2.58. The lowest BCUT2D eigenvalue weighted by atomic mass is 10.1. The quantitative estimate of drug-likeness (QED) is 0.557. The van der Waals surface area contributed by atoms with E-state index in [1.165, 1.54) is 12.1 Å². The molecule has 0 heterocycles. The second kappa shape index (κ2) is 8.44. The SMILES string of the molecule is COC[C@H](C)NC(=S)NNC(=O)Cc1cccc(F)c1. The number of carbonyl (C=O) groups is 1. The van der Waals surface area contributed by atoms with Gasteiger partial charge in [0, 0.05) is 13.2 Å². The second-order valence-corrected chi connectivity index (χ2v) is 4.72. The molecule has 3 N–H and O–H groups in total.